The van der Waals surface area contributed by atoms with Crippen LogP contribution in [0.3, 0.4) is 0 Å². The number of furan rings is 1. The van der Waals surface area contributed by atoms with Crippen molar-refractivity contribution in [1.82, 2.24) is 0 Å². The number of rotatable bonds is 3. The van der Waals surface area contributed by atoms with Crippen LogP contribution in [0.25, 0.3) is 87.6 Å². The van der Waals surface area contributed by atoms with Gasteiger partial charge in [0.1, 0.15) is 66.1 Å². The molecular weight excluding hydrogens is 596 g/mol. The van der Waals surface area contributed by atoms with Crippen LogP contribution in [0.5, 0.6) is 0 Å². The summed E-state index contributed by atoms with van der Waals surface area (Å²) in [5, 5.41) is 7.52. The molecule has 0 unspecified atom stereocenters. The smallest absolute Gasteiger partial charge is 0.143 e. The van der Waals surface area contributed by atoms with E-state index in [4.69, 9.17) is 59.3 Å². The molecule has 0 aliphatic rings. The van der Waals surface area contributed by atoms with E-state index < -0.39 is 0 Å². The van der Waals surface area contributed by atoms with Gasteiger partial charge < -0.3 is 4.42 Å². The van der Waals surface area contributed by atoms with Crippen molar-refractivity contribution in [3.05, 3.63) is 115 Å². The van der Waals surface area contributed by atoms with Gasteiger partial charge in [0.2, 0.25) is 0 Å². The molecule has 214 valence electrons. The second kappa shape index (κ2) is 11.4. The highest BCUT2D eigenvalue weighted by Crippen LogP contribution is 2.46. The molecule has 0 saturated carbocycles. The van der Waals surface area contributed by atoms with Gasteiger partial charge >= 0.3 is 0 Å². The first-order chi connectivity index (χ1) is 24.3. The average Bonchev–Trinajstić information content (AvgIpc) is 3.53. The van der Waals surface area contributed by atoms with Gasteiger partial charge in [-0.25, -0.2) is 0 Å². The molecule has 8 aromatic carbocycles. The molecule has 0 aliphatic carbocycles. The Morgan fingerprint density at radius 1 is 0.320 bits per heavy atom. The minimum absolute atomic E-state index is 0.150. The zero-order valence-electron chi connectivity index (χ0n) is 26.9. The lowest BCUT2D eigenvalue weighted by Crippen LogP contribution is -2.52. The molecule has 1 heterocycles. The fourth-order valence-electron chi connectivity index (χ4n) is 7.72. The van der Waals surface area contributed by atoms with Gasteiger partial charge in [0.25, 0.3) is 0 Å². The molecular formula is C42H19B7O. The van der Waals surface area contributed by atoms with E-state index in [2.05, 4.69) is 84.9 Å². The summed E-state index contributed by atoms with van der Waals surface area (Å²) in [6, 6.07) is 39.8. The van der Waals surface area contributed by atoms with Gasteiger partial charge in [-0.3, -0.25) is 0 Å². The molecule has 8 heteroatoms. The van der Waals surface area contributed by atoms with Crippen molar-refractivity contribution in [3.63, 3.8) is 0 Å². The van der Waals surface area contributed by atoms with Crippen LogP contribution in [0.1, 0.15) is 0 Å². The van der Waals surface area contributed by atoms with E-state index in [0.717, 1.165) is 71.3 Å². The zero-order valence-corrected chi connectivity index (χ0v) is 26.9. The predicted octanol–water partition coefficient (Wildman–Crippen LogP) is 3.60. The van der Waals surface area contributed by atoms with Crippen molar-refractivity contribution >= 4 is 147 Å². The summed E-state index contributed by atoms with van der Waals surface area (Å²) < 4.78 is 6.53. The van der Waals surface area contributed by atoms with E-state index in [9.17, 15) is 0 Å². The van der Waals surface area contributed by atoms with Gasteiger partial charge in [0.05, 0.1) is 0 Å². The Morgan fingerprint density at radius 2 is 0.760 bits per heavy atom. The largest absolute Gasteiger partial charge is 0.455 e. The maximum absolute atomic E-state index is 6.77. The molecule has 1 aromatic heterocycles. The minimum atomic E-state index is 0.150. The highest BCUT2D eigenvalue weighted by molar-refractivity contribution is 6.72. The molecule has 0 aliphatic heterocycles. The highest BCUT2D eigenvalue weighted by atomic mass is 16.3. The van der Waals surface area contributed by atoms with Gasteiger partial charge in [0.15, 0.2) is 0 Å². The molecule has 14 radical (unpaired) electrons. The fraction of sp³-hybridized carbons (Fsp3) is 0. The van der Waals surface area contributed by atoms with Crippen LogP contribution in [0.2, 0.25) is 0 Å². The summed E-state index contributed by atoms with van der Waals surface area (Å²) in [5.74, 6) is 0. The average molecular weight is 615 g/mol. The Labute approximate surface area is 299 Å². The van der Waals surface area contributed by atoms with Crippen LogP contribution in [0.4, 0.5) is 0 Å². The van der Waals surface area contributed by atoms with Crippen LogP contribution in [-0.2, 0) is 0 Å². The van der Waals surface area contributed by atoms with E-state index in [0.29, 0.717) is 21.8 Å². The Balaban J connectivity index is 1.28. The van der Waals surface area contributed by atoms with Crippen molar-refractivity contribution in [1.29, 1.82) is 0 Å². The van der Waals surface area contributed by atoms with E-state index in [-0.39, 0.29) is 32.8 Å². The van der Waals surface area contributed by atoms with Gasteiger partial charge in [-0.1, -0.05) is 137 Å². The monoisotopic (exact) mass is 616 g/mol. The van der Waals surface area contributed by atoms with Crippen LogP contribution in [0, 0.1) is 0 Å². The summed E-state index contributed by atoms with van der Waals surface area (Å²) in [6.45, 7) is 0. The van der Waals surface area contributed by atoms with Crippen molar-refractivity contribution < 1.29 is 4.42 Å². The van der Waals surface area contributed by atoms with Crippen molar-refractivity contribution in [2.75, 3.05) is 0 Å². The highest BCUT2D eigenvalue weighted by Gasteiger charge is 2.21. The van der Waals surface area contributed by atoms with Crippen LogP contribution in [-0.4, -0.2) is 54.9 Å². The SMILES string of the molecule is [B]c1c([B])c([B])c2c([B])c(-c3ccc(-c4c5ccccc5c(-c5cccc6c5oc5ccccc56)c5ccccc45)cc3)c([B])c([B])c2c1[B]. The lowest BCUT2D eigenvalue weighted by Gasteiger charge is -2.25. The molecule has 0 bridgehead atoms. The summed E-state index contributed by atoms with van der Waals surface area (Å²) in [5.41, 5.74) is 8.98. The number of hydrogen-bond donors (Lipinski definition) is 0. The Morgan fingerprint density at radius 3 is 1.34 bits per heavy atom. The van der Waals surface area contributed by atoms with E-state index in [1.54, 1.807) is 0 Å². The molecule has 0 amide bonds. The summed E-state index contributed by atoms with van der Waals surface area (Å²) in [4.78, 5) is 0. The molecule has 0 saturated heterocycles. The topological polar surface area (TPSA) is 13.1 Å². The third-order valence-corrected chi connectivity index (χ3v) is 10.1. The maximum Gasteiger partial charge on any atom is 0.143 e. The second-order valence-corrected chi connectivity index (χ2v) is 12.7. The third-order valence-electron chi connectivity index (χ3n) is 10.1. The molecule has 0 spiro atoms. The minimum Gasteiger partial charge on any atom is -0.455 e. The molecule has 50 heavy (non-hydrogen) atoms. The number of fused-ring (bicyclic) bond motifs is 6. The molecule has 1 nitrogen and oxygen atoms in total. The first-order valence-electron chi connectivity index (χ1n) is 16.2. The van der Waals surface area contributed by atoms with Crippen molar-refractivity contribution in [2.45, 2.75) is 0 Å². The Hall–Kier alpha value is -5.21. The van der Waals surface area contributed by atoms with Gasteiger partial charge in [-0.15, -0.1) is 10.9 Å². The lowest BCUT2D eigenvalue weighted by atomic mass is 9.58. The first kappa shape index (κ1) is 30.8. The normalized spacial score (nSPS) is 11.8. The summed E-state index contributed by atoms with van der Waals surface area (Å²) >= 11 is 0. The number of benzene rings is 8. The second-order valence-electron chi connectivity index (χ2n) is 12.7. The maximum atomic E-state index is 6.77. The van der Waals surface area contributed by atoms with E-state index >= 15 is 0 Å². The summed E-state index contributed by atoms with van der Waals surface area (Å²) in [6.07, 6.45) is 0. The number of hydrogen-bond acceptors (Lipinski definition) is 1. The van der Waals surface area contributed by atoms with Crippen LogP contribution < -0.4 is 38.2 Å². The zero-order chi connectivity index (χ0) is 34.4. The lowest BCUT2D eigenvalue weighted by molar-refractivity contribution is 0.670. The first-order valence-corrected chi connectivity index (χ1v) is 16.2. The molecule has 0 N–H and O–H groups in total. The fourth-order valence-corrected chi connectivity index (χ4v) is 7.72. The quantitative estimate of drug-likeness (QED) is 0.219. The van der Waals surface area contributed by atoms with Crippen LogP contribution >= 0.6 is 0 Å². The Kier molecular flexibility index (Phi) is 7.04. The van der Waals surface area contributed by atoms with Crippen LogP contribution in [0.15, 0.2) is 120 Å². The van der Waals surface area contributed by atoms with Gasteiger partial charge in [-0.05, 0) is 60.6 Å². The third kappa shape index (κ3) is 4.30. The van der Waals surface area contributed by atoms with Gasteiger partial charge in [0, 0.05) is 21.9 Å². The molecule has 0 fully saturated rings. The molecule has 0 atom stereocenters. The predicted molar refractivity (Wildman–Crippen MR) is 220 cm³/mol. The molecule has 9 rings (SSSR count). The van der Waals surface area contributed by atoms with Crippen molar-refractivity contribution in [3.8, 4) is 33.4 Å². The molecule has 9 aromatic rings. The van der Waals surface area contributed by atoms with Gasteiger partial charge in [-0.2, -0.15) is 0 Å². The van der Waals surface area contributed by atoms with E-state index in [1.165, 1.54) is 0 Å². The standard InChI is InChI=1S/C42H19B7O/c43-35-31(36(44)37(45)34-33(35)38(46)40(48)41(49)39(34)47)21-18-16-20(17-19-21)30-23-9-1-3-11-25(23)32(26-12-4-2-10-24(26)30)28-14-7-13-27-22-8-5-6-15-29(22)50-42(27)28/h1-19H. The number of para-hydroxylation sites is 2. The summed E-state index contributed by atoms with van der Waals surface area (Å²) in [7, 11) is 45.0. The Bertz CT molecular complexity index is 2830. The van der Waals surface area contributed by atoms with E-state index in [1.807, 2.05) is 30.3 Å². The van der Waals surface area contributed by atoms with Crippen molar-refractivity contribution in [2.24, 2.45) is 0 Å².